The van der Waals surface area contributed by atoms with Crippen LogP contribution in [-0.2, 0) is 6.54 Å². The molecule has 110 valence electrons. The summed E-state index contributed by atoms with van der Waals surface area (Å²) in [4.78, 5) is 1.25. The lowest BCUT2D eigenvalue weighted by Crippen LogP contribution is -2.25. The summed E-state index contributed by atoms with van der Waals surface area (Å²) in [6.45, 7) is 6.15. The van der Waals surface area contributed by atoms with Crippen LogP contribution in [0.15, 0.2) is 22.1 Å². The number of hydrogen-bond donors (Lipinski definition) is 1. The second kappa shape index (κ2) is 7.59. The summed E-state index contributed by atoms with van der Waals surface area (Å²) in [6.07, 6.45) is 3.87. The summed E-state index contributed by atoms with van der Waals surface area (Å²) in [5.41, 5.74) is 1.07. The Bertz CT molecular complexity index is 552. The zero-order valence-corrected chi connectivity index (χ0v) is 14.9. The third-order valence-electron chi connectivity index (χ3n) is 3.02. The molecule has 2 aromatic rings. The highest BCUT2D eigenvalue weighted by atomic mass is 79.9. The molecule has 0 aromatic carbocycles. The van der Waals surface area contributed by atoms with Crippen molar-refractivity contribution in [1.82, 2.24) is 15.1 Å². The molecule has 2 rings (SSSR count). The van der Waals surface area contributed by atoms with Gasteiger partial charge in [-0.05, 0) is 47.4 Å². The van der Waals surface area contributed by atoms with Gasteiger partial charge < -0.3 is 5.32 Å². The second-order valence-corrected chi connectivity index (χ2v) is 7.53. The van der Waals surface area contributed by atoms with Crippen molar-refractivity contribution in [3.05, 3.63) is 37.7 Å². The lowest BCUT2D eigenvalue weighted by atomic mass is 10.1. The molecule has 0 bridgehead atoms. The zero-order chi connectivity index (χ0) is 14.5. The Balaban J connectivity index is 2.37. The summed E-state index contributed by atoms with van der Waals surface area (Å²) in [6, 6.07) is 4.32. The first-order chi connectivity index (χ1) is 9.67. The molecule has 0 aliphatic carbocycles. The first-order valence-electron chi connectivity index (χ1n) is 6.87. The van der Waals surface area contributed by atoms with Crippen LogP contribution >= 0.6 is 38.9 Å². The molecule has 2 aromatic heterocycles. The van der Waals surface area contributed by atoms with Crippen LogP contribution in [-0.4, -0.2) is 16.3 Å². The van der Waals surface area contributed by atoms with E-state index in [1.54, 1.807) is 17.5 Å². The van der Waals surface area contributed by atoms with E-state index in [0.29, 0.717) is 0 Å². The van der Waals surface area contributed by atoms with Gasteiger partial charge in [-0.1, -0.05) is 25.4 Å². The molecule has 1 atom stereocenters. The van der Waals surface area contributed by atoms with E-state index in [2.05, 4.69) is 52.3 Å². The summed E-state index contributed by atoms with van der Waals surface area (Å²) < 4.78 is 3.15. The standard InChI is InChI=1S/C14H19BrClN3S/c1-3-7-17-13(11-5-6-12(15)20-11)14-10(16)9-18-19(14)8-4-2/h5-6,9,13,17H,3-4,7-8H2,1-2H3. The number of aryl methyl sites for hydroxylation is 1. The SMILES string of the molecule is CCCNC(c1ccc(Br)s1)c1c(Cl)cnn1CCC. The van der Waals surface area contributed by atoms with E-state index in [0.717, 1.165) is 40.4 Å². The van der Waals surface area contributed by atoms with E-state index in [1.807, 2.05) is 4.68 Å². The van der Waals surface area contributed by atoms with Crippen LogP contribution in [0.25, 0.3) is 0 Å². The van der Waals surface area contributed by atoms with Crippen LogP contribution in [0.3, 0.4) is 0 Å². The summed E-state index contributed by atoms with van der Waals surface area (Å²) in [7, 11) is 0. The molecule has 1 N–H and O–H groups in total. The van der Waals surface area contributed by atoms with Gasteiger partial charge in [0.25, 0.3) is 0 Å². The number of nitrogens with zero attached hydrogens (tertiary/aromatic N) is 2. The highest BCUT2D eigenvalue weighted by Gasteiger charge is 2.22. The Labute approximate surface area is 137 Å². The lowest BCUT2D eigenvalue weighted by Gasteiger charge is -2.19. The normalized spacial score (nSPS) is 12.8. The fourth-order valence-corrected chi connectivity index (χ4v) is 3.91. The van der Waals surface area contributed by atoms with Crippen molar-refractivity contribution in [2.75, 3.05) is 6.54 Å². The predicted molar refractivity (Wildman–Crippen MR) is 89.7 cm³/mol. The van der Waals surface area contributed by atoms with E-state index in [4.69, 9.17) is 11.6 Å². The smallest absolute Gasteiger partial charge is 0.0857 e. The Kier molecular flexibility index (Phi) is 6.08. The molecule has 0 saturated heterocycles. The molecule has 20 heavy (non-hydrogen) atoms. The number of hydrogen-bond acceptors (Lipinski definition) is 3. The number of thiophene rings is 1. The number of nitrogens with one attached hydrogen (secondary N) is 1. The minimum atomic E-state index is 0.104. The molecule has 0 radical (unpaired) electrons. The Morgan fingerprint density at radius 1 is 1.40 bits per heavy atom. The van der Waals surface area contributed by atoms with Crippen molar-refractivity contribution >= 4 is 38.9 Å². The van der Waals surface area contributed by atoms with Crippen LogP contribution in [0, 0.1) is 0 Å². The van der Waals surface area contributed by atoms with Gasteiger partial charge in [-0.25, -0.2) is 0 Å². The molecule has 0 aliphatic rings. The van der Waals surface area contributed by atoms with Gasteiger partial charge >= 0.3 is 0 Å². The molecule has 0 spiro atoms. The molecular weight excluding hydrogens is 358 g/mol. The Morgan fingerprint density at radius 3 is 2.80 bits per heavy atom. The van der Waals surface area contributed by atoms with Crippen molar-refractivity contribution in [2.45, 2.75) is 39.3 Å². The van der Waals surface area contributed by atoms with E-state index < -0.39 is 0 Å². The Hall–Kier alpha value is -0.360. The van der Waals surface area contributed by atoms with Crippen molar-refractivity contribution in [2.24, 2.45) is 0 Å². The minimum Gasteiger partial charge on any atom is -0.304 e. The van der Waals surface area contributed by atoms with Gasteiger partial charge in [-0.15, -0.1) is 11.3 Å². The second-order valence-electron chi connectivity index (χ2n) is 4.63. The van der Waals surface area contributed by atoms with Crippen molar-refractivity contribution in [3.63, 3.8) is 0 Å². The quantitative estimate of drug-likeness (QED) is 0.748. The highest BCUT2D eigenvalue weighted by Crippen LogP contribution is 2.34. The van der Waals surface area contributed by atoms with Gasteiger partial charge in [0.1, 0.15) is 0 Å². The topological polar surface area (TPSA) is 29.9 Å². The third kappa shape index (κ3) is 3.64. The Morgan fingerprint density at radius 2 is 2.20 bits per heavy atom. The number of halogens is 2. The fraction of sp³-hybridized carbons (Fsp3) is 0.500. The van der Waals surface area contributed by atoms with Crippen LogP contribution in [0.4, 0.5) is 0 Å². The molecule has 0 fully saturated rings. The first kappa shape index (κ1) is 16.0. The van der Waals surface area contributed by atoms with Gasteiger partial charge in [0.05, 0.1) is 26.7 Å². The van der Waals surface area contributed by atoms with Gasteiger partial charge in [0.2, 0.25) is 0 Å². The van der Waals surface area contributed by atoms with Crippen LogP contribution in [0.1, 0.15) is 43.3 Å². The van der Waals surface area contributed by atoms with Crippen molar-refractivity contribution < 1.29 is 0 Å². The van der Waals surface area contributed by atoms with Gasteiger partial charge in [-0.2, -0.15) is 5.10 Å². The molecule has 1 unspecified atom stereocenters. The van der Waals surface area contributed by atoms with Crippen LogP contribution in [0.2, 0.25) is 5.02 Å². The van der Waals surface area contributed by atoms with Crippen LogP contribution < -0.4 is 5.32 Å². The number of rotatable bonds is 7. The lowest BCUT2D eigenvalue weighted by molar-refractivity contribution is 0.515. The van der Waals surface area contributed by atoms with E-state index in [-0.39, 0.29) is 6.04 Å². The minimum absolute atomic E-state index is 0.104. The predicted octanol–water partition coefficient (Wildman–Crippen LogP) is 4.86. The van der Waals surface area contributed by atoms with Crippen molar-refractivity contribution in [1.29, 1.82) is 0 Å². The maximum Gasteiger partial charge on any atom is 0.0857 e. The molecule has 3 nitrogen and oxygen atoms in total. The molecule has 6 heteroatoms. The molecule has 0 amide bonds. The van der Waals surface area contributed by atoms with Gasteiger partial charge in [0.15, 0.2) is 0 Å². The van der Waals surface area contributed by atoms with E-state index in [9.17, 15) is 0 Å². The highest BCUT2D eigenvalue weighted by molar-refractivity contribution is 9.11. The molecule has 2 heterocycles. The fourth-order valence-electron chi connectivity index (χ4n) is 2.15. The summed E-state index contributed by atoms with van der Waals surface area (Å²) in [5, 5.41) is 8.72. The molecule has 0 saturated carbocycles. The average Bonchev–Trinajstić information content (AvgIpc) is 3.00. The van der Waals surface area contributed by atoms with Gasteiger partial charge in [0, 0.05) is 11.4 Å². The maximum atomic E-state index is 6.38. The monoisotopic (exact) mass is 375 g/mol. The largest absolute Gasteiger partial charge is 0.304 e. The van der Waals surface area contributed by atoms with E-state index in [1.165, 1.54) is 4.88 Å². The third-order valence-corrected chi connectivity index (χ3v) is 5.00. The summed E-state index contributed by atoms with van der Waals surface area (Å²) in [5.74, 6) is 0. The maximum absolute atomic E-state index is 6.38. The van der Waals surface area contributed by atoms with E-state index >= 15 is 0 Å². The van der Waals surface area contributed by atoms with Crippen LogP contribution in [0.5, 0.6) is 0 Å². The summed E-state index contributed by atoms with van der Waals surface area (Å²) >= 11 is 11.7. The molecule has 0 aliphatic heterocycles. The zero-order valence-electron chi connectivity index (χ0n) is 11.7. The number of aromatic nitrogens is 2. The van der Waals surface area contributed by atoms with Gasteiger partial charge in [-0.3, -0.25) is 4.68 Å². The molecular formula is C14H19BrClN3S. The first-order valence-corrected chi connectivity index (χ1v) is 8.85. The van der Waals surface area contributed by atoms with Crippen molar-refractivity contribution in [3.8, 4) is 0 Å². The average molecular weight is 377 g/mol.